The number of hydrogen-bond donors (Lipinski definition) is 0. The van der Waals surface area contributed by atoms with Crippen molar-refractivity contribution >= 4 is 22.8 Å². The number of ether oxygens (including phenoxy) is 2. The lowest BCUT2D eigenvalue weighted by atomic mass is 10.0. The predicted octanol–water partition coefficient (Wildman–Crippen LogP) is 3.21. The van der Waals surface area contributed by atoms with Crippen LogP contribution in [0, 0.1) is 13.8 Å². The maximum Gasteiger partial charge on any atom is 0.357 e. The topological polar surface area (TPSA) is 65.5 Å². The molecule has 0 bridgehead atoms. The number of esters is 2. The fraction of sp³-hybridized carbons (Fsp3) is 0.353. The first kappa shape index (κ1) is 15.9. The number of rotatable bonds is 4. The third kappa shape index (κ3) is 3.08. The van der Waals surface area contributed by atoms with E-state index in [0.717, 1.165) is 16.5 Å². The average molecular weight is 301 g/mol. The number of fused-ring (bicyclic) bond motifs is 1. The van der Waals surface area contributed by atoms with E-state index in [1.165, 1.54) is 0 Å². The van der Waals surface area contributed by atoms with Gasteiger partial charge in [-0.15, -0.1) is 0 Å². The number of carbonyl (C=O) groups is 2. The summed E-state index contributed by atoms with van der Waals surface area (Å²) in [6.45, 7) is 7.75. The van der Waals surface area contributed by atoms with Crippen LogP contribution in [0.15, 0.2) is 18.2 Å². The van der Waals surface area contributed by atoms with Crippen LogP contribution in [0.1, 0.15) is 45.8 Å². The zero-order chi connectivity index (χ0) is 16.3. The molecule has 0 N–H and O–H groups in total. The highest BCUT2D eigenvalue weighted by Gasteiger charge is 2.22. The van der Waals surface area contributed by atoms with Crippen LogP contribution >= 0.6 is 0 Å². The van der Waals surface area contributed by atoms with Crippen molar-refractivity contribution in [1.29, 1.82) is 0 Å². The van der Waals surface area contributed by atoms with Crippen molar-refractivity contribution in [1.82, 2.24) is 4.98 Å². The molecule has 1 heterocycles. The number of pyridine rings is 1. The van der Waals surface area contributed by atoms with Crippen molar-refractivity contribution in [3.63, 3.8) is 0 Å². The van der Waals surface area contributed by atoms with E-state index in [9.17, 15) is 9.59 Å². The third-order valence-corrected chi connectivity index (χ3v) is 3.22. The summed E-state index contributed by atoms with van der Waals surface area (Å²) in [6, 6.07) is 5.55. The molecule has 1 aromatic heterocycles. The fourth-order valence-corrected chi connectivity index (χ4v) is 2.37. The normalized spacial score (nSPS) is 10.5. The van der Waals surface area contributed by atoms with Crippen LogP contribution in [0.25, 0.3) is 10.9 Å². The van der Waals surface area contributed by atoms with E-state index in [1.54, 1.807) is 19.9 Å². The van der Waals surface area contributed by atoms with Crippen LogP contribution in [0.3, 0.4) is 0 Å². The van der Waals surface area contributed by atoms with Gasteiger partial charge in [0.1, 0.15) is 0 Å². The molecule has 0 aliphatic rings. The molecule has 1 aromatic carbocycles. The van der Waals surface area contributed by atoms with Gasteiger partial charge in [-0.2, -0.15) is 0 Å². The Kier molecular flexibility index (Phi) is 4.75. The van der Waals surface area contributed by atoms with Gasteiger partial charge in [-0.05, 0) is 45.4 Å². The van der Waals surface area contributed by atoms with Crippen molar-refractivity contribution in [3.05, 3.63) is 40.6 Å². The summed E-state index contributed by atoms with van der Waals surface area (Å²) in [7, 11) is 0. The van der Waals surface area contributed by atoms with E-state index in [4.69, 9.17) is 9.47 Å². The molecular formula is C17H19NO4. The molecule has 0 amide bonds. The molecule has 22 heavy (non-hydrogen) atoms. The highest BCUT2D eigenvalue weighted by Crippen LogP contribution is 2.23. The zero-order valence-corrected chi connectivity index (χ0v) is 13.2. The maximum absolute atomic E-state index is 12.1. The van der Waals surface area contributed by atoms with Gasteiger partial charge in [-0.1, -0.05) is 11.6 Å². The summed E-state index contributed by atoms with van der Waals surface area (Å²) in [5, 5.41) is 0.800. The van der Waals surface area contributed by atoms with E-state index in [1.807, 2.05) is 26.0 Å². The largest absolute Gasteiger partial charge is 0.462 e. The van der Waals surface area contributed by atoms with Crippen molar-refractivity contribution in [2.24, 2.45) is 0 Å². The number of hydrogen-bond acceptors (Lipinski definition) is 5. The SMILES string of the molecule is CCOC(=O)c1cc2cc(C)cc(C)c2nc1C(=O)OCC. The Balaban J connectivity index is 2.70. The highest BCUT2D eigenvalue weighted by atomic mass is 16.5. The van der Waals surface area contributed by atoms with Crippen LogP contribution < -0.4 is 0 Å². The van der Waals surface area contributed by atoms with Crippen molar-refractivity contribution in [2.45, 2.75) is 27.7 Å². The Morgan fingerprint density at radius 2 is 1.64 bits per heavy atom. The Morgan fingerprint density at radius 3 is 2.27 bits per heavy atom. The minimum atomic E-state index is -0.618. The number of benzene rings is 1. The first-order valence-electron chi connectivity index (χ1n) is 7.24. The molecule has 0 fully saturated rings. The van der Waals surface area contributed by atoms with Crippen molar-refractivity contribution in [3.8, 4) is 0 Å². The standard InChI is InChI=1S/C17H19NO4/c1-5-21-16(19)13-9-12-8-10(3)7-11(4)14(12)18-15(13)17(20)22-6-2/h7-9H,5-6H2,1-4H3. The second kappa shape index (κ2) is 6.56. The molecule has 2 rings (SSSR count). The van der Waals surface area contributed by atoms with Crippen molar-refractivity contribution < 1.29 is 19.1 Å². The van der Waals surface area contributed by atoms with Crippen LogP contribution in [-0.4, -0.2) is 30.1 Å². The van der Waals surface area contributed by atoms with Gasteiger partial charge >= 0.3 is 11.9 Å². The van der Waals surface area contributed by atoms with Crippen LogP contribution in [0.4, 0.5) is 0 Å². The zero-order valence-electron chi connectivity index (χ0n) is 13.2. The Bertz CT molecular complexity index is 737. The minimum Gasteiger partial charge on any atom is -0.462 e. The van der Waals surface area contributed by atoms with Gasteiger partial charge in [0.2, 0.25) is 0 Å². The molecule has 0 unspecified atom stereocenters. The molecule has 116 valence electrons. The summed E-state index contributed by atoms with van der Waals surface area (Å²) >= 11 is 0. The predicted molar refractivity (Wildman–Crippen MR) is 83.1 cm³/mol. The molecule has 0 atom stereocenters. The number of aryl methyl sites for hydroxylation is 2. The van der Waals surface area contributed by atoms with Gasteiger partial charge in [0, 0.05) is 5.39 Å². The quantitative estimate of drug-likeness (QED) is 0.811. The van der Waals surface area contributed by atoms with Crippen molar-refractivity contribution in [2.75, 3.05) is 13.2 Å². The summed E-state index contributed by atoms with van der Waals surface area (Å²) in [4.78, 5) is 28.6. The molecule has 0 spiro atoms. The van der Waals surface area contributed by atoms with Gasteiger partial charge < -0.3 is 9.47 Å². The lowest BCUT2D eigenvalue weighted by Crippen LogP contribution is -2.16. The average Bonchev–Trinajstić information content (AvgIpc) is 2.46. The van der Waals surface area contributed by atoms with E-state index < -0.39 is 11.9 Å². The summed E-state index contributed by atoms with van der Waals surface area (Å²) in [6.07, 6.45) is 0. The van der Waals surface area contributed by atoms with E-state index >= 15 is 0 Å². The number of aromatic nitrogens is 1. The molecule has 0 aliphatic heterocycles. The minimum absolute atomic E-state index is 0.000229. The summed E-state index contributed by atoms with van der Waals surface area (Å²) in [5.74, 6) is -1.19. The highest BCUT2D eigenvalue weighted by molar-refractivity contribution is 6.05. The molecule has 5 heteroatoms. The van der Waals surface area contributed by atoms with E-state index in [0.29, 0.717) is 5.52 Å². The first-order valence-corrected chi connectivity index (χ1v) is 7.24. The maximum atomic E-state index is 12.1. The van der Waals surface area contributed by atoms with E-state index in [-0.39, 0.29) is 24.5 Å². The molecule has 0 radical (unpaired) electrons. The Hall–Kier alpha value is -2.43. The first-order chi connectivity index (χ1) is 10.5. The van der Waals surface area contributed by atoms with Crippen LogP contribution in [-0.2, 0) is 9.47 Å². The Morgan fingerprint density at radius 1 is 1.00 bits per heavy atom. The molecule has 0 saturated carbocycles. The molecule has 5 nitrogen and oxygen atoms in total. The van der Waals surface area contributed by atoms with Gasteiger partial charge in [-0.25, -0.2) is 14.6 Å². The molecule has 2 aromatic rings. The Labute approximate surface area is 129 Å². The van der Waals surface area contributed by atoms with Crippen LogP contribution in [0.2, 0.25) is 0 Å². The summed E-state index contributed by atoms with van der Waals surface area (Å²) in [5.41, 5.74) is 2.82. The van der Waals surface area contributed by atoms with Gasteiger partial charge in [0.25, 0.3) is 0 Å². The van der Waals surface area contributed by atoms with Gasteiger partial charge in [0.05, 0.1) is 24.3 Å². The second-order valence-corrected chi connectivity index (χ2v) is 4.98. The summed E-state index contributed by atoms with van der Waals surface area (Å²) < 4.78 is 10.0. The monoisotopic (exact) mass is 301 g/mol. The second-order valence-electron chi connectivity index (χ2n) is 4.98. The van der Waals surface area contributed by atoms with Crippen LogP contribution in [0.5, 0.6) is 0 Å². The van der Waals surface area contributed by atoms with E-state index in [2.05, 4.69) is 4.98 Å². The lowest BCUT2D eigenvalue weighted by Gasteiger charge is -2.11. The number of nitrogens with zero attached hydrogens (tertiary/aromatic N) is 1. The third-order valence-electron chi connectivity index (χ3n) is 3.22. The lowest BCUT2D eigenvalue weighted by molar-refractivity contribution is 0.0474. The van der Waals surface area contributed by atoms with Gasteiger partial charge in [0.15, 0.2) is 5.69 Å². The number of carbonyl (C=O) groups excluding carboxylic acids is 2. The molecule has 0 aliphatic carbocycles. The van der Waals surface area contributed by atoms with Gasteiger partial charge in [-0.3, -0.25) is 0 Å². The molecular weight excluding hydrogens is 282 g/mol. The smallest absolute Gasteiger partial charge is 0.357 e. The fourth-order valence-electron chi connectivity index (χ4n) is 2.37. The molecule has 0 saturated heterocycles.